The number of carbonyl (C=O) groups excluding carboxylic acids is 1. The third kappa shape index (κ3) is 2.20. The molecule has 4 heteroatoms. The molecule has 1 fully saturated rings. The molecule has 1 atom stereocenters. The van der Waals surface area contributed by atoms with Crippen molar-refractivity contribution in [1.29, 1.82) is 0 Å². The summed E-state index contributed by atoms with van der Waals surface area (Å²) >= 11 is 0. The minimum atomic E-state index is 0.0409. The third-order valence-electron chi connectivity index (χ3n) is 3.68. The number of hydrogen-bond acceptors (Lipinski definition) is 3. The molecule has 1 aromatic carbocycles. The Kier molecular flexibility index (Phi) is 2.96. The number of carbonyl (C=O) groups is 1. The molecule has 18 heavy (non-hydrogen) atoms. The van der Waals surface area contributed by atoms with Crippen LogP contribution in [0.15, 0.2) is 24.3 Å². The smallest absolute Gasteiger partial charge is 0.257 e. The van der Waals surface area contributed by atoms with E-state index >= 15 is 0 Å². The summed E-state index contributed by atoms with van der Waals surface area (Å²) in [5.74, 6) is 1.33. The number of nitrogens with zero attached hydrogens (tertiary/aromatic N) is 1. The van der Waals surface area contributed by atoms with Gasteiger partial charge in [0, 0.05) is 12.6 Å². The van der Waals surface area contributed by atoms with Crippen molar-refractivity contribution in [3.63, 3.8) is 0 Å². The number of rotatable bonds is 3. The van der Waals surface area contributed by atoms with Crippen molar-refractivity contribution in [2.75, 3.05) is 19.7 Å². The zero-order valence-corrected chi connectivity index (χ0v) is 10.3. The first kappa shape index (κ1) is 11.5. The highest BCUT2D eigenvalue weighted by Gasteiger charge is 2.32. The van der Waals surface area contributed by atoms with Gasteiger partial charge in [0.2, 0.25) is 0 Å². The maximum absolute atomic E-state index is 12.4. The van der Waals surface area contributed by atoms with Gasteiger partial charge < -0.3 is 15.4 Å². The second-order valence-electron chi connectivity index (χ2n) is 5.10. The minimum Gasteiger partial charge on any atom is -0.491 e. The average Bonchev–Trinajstić information content (AvgIpc) is 3.20. The highest BCUT2D eigenvalue weighted by molar-refractivity contribution is 5.97. The summed E-state index contributed by atoms with van der Waals surface area (Å²) in [6.45, 7) is 1.80. The largest absolute Gasteiger partial charge is 0.491 e. The Hall–Kier alpha value is -1.55. The van der Waals surface area contributed by atoms with Crippen molar-refractivity contribution in [2.45, 2.75) is 18.9 Å². The van der Waals surface area contributed by atoms with Gasteiger partial charge in [-0.15, -0.1) is 0 Å². The normalized spacial score (nSPS) is 20.9. The standard InChI is InChI=1S/C14H18N2O2/c15-12(10-5-6-10)9-16-7-8-18-13-4-2-1-3-11(13)14(16)17/h1-4,10,12H,5-9,15H2. The number of ether oxygens (including phenoxy) is 1. The summed E-state index contributed by atoms with van der Waals surface area (Å²) in [6, 6.07) is 7.53. The molecular formula is C14H18N2O2. The van der Waals surface area contributed by atoms with E-state index in [1.54, 1.807) is 0 Å². The molecule has 1 aliphatic carbocycles. The number of para-hydroxylation sites is 1. The van der Waals surface area contributed by atoms with Gasteiger partial charge in [-0.05, 0) is 30.9 Å². The fourth-order valence-corrected chi connectivity index (χ4v) is 2.41. The summed E-state index contributed by atoms with van der Waals surface area (Å²) in [5.41, 5.74) is 6.76. The number of fused-ring (bicyclic) bond motifs is 1. The first-order valence-electron chi connectivity index (χ1n) is 6.52. The summed E-state index contributed by atoms with van der Waals surface area (Å²) in [4.78, 5) is 14.2. The van der Waals surface area contributed by atoms with Gasteiger partial charge in [0.25, 0.3) is 5.91 Å². The molecule has 0 spiro atoms. The van der Waals surface area contributed by atoms with E-state index in [0.717, 1.165) is 0 Å². The highest BCUT2D eigenvalue weighted by atomic mass is 16.5. The van der Waals surface area contributed by atoms with Gasteiger partial charge in [-0.1, -0.05) is 12.1 Å². The molecule has 1 saturated carbocycles. The Bertz CT molecular complexity index is 457. The number of amides is 1. The topological polar surface area (TPSA) is 55.6 Å². The fourth-order valence-electron chi connectivity index (χ4n) is 2.41. The van der Waals surface area contributed by atoms with Crippen molar-refractivity contribution < 1.29 is 9.53 Å². The molecule has 96 valence electrons. The van der Waals surface area contributed by atoms with Crippen LogP contribution in [0.3, 0.4) is 0 Å². The van der Waals surface area contributed by atoms with Gasteiger partial charge in [0.05, 0.1) is 12.1 Å². The molecule has 1 heterocycles. The van der Waals surface area contributed by atoms with Crippen LogP contribution in [-0.2, 0) is 0 Å². The molecule has 0 bridgehead atoms. The predicted molar refractivity (Wildman–Crippen MR) is 68.5 cm³/mol. The summed E-state index contributed by atoms with van der Waals surface area (Å²) in [7, 11) is 0. The van der Waals surface area contributed by atoms with E-state index in [1.165, 1.54) is 12.8 Å². The first-order valence-corrected chi connectivity index (χ1v) is 6.52. The Morgan fingerprint density at radius 3 is 2.94 bits per heavy atom. The van der Waals surface area contributed by atoms with Gasteiger partial charge in [-0.2, -0.15) is 0 Å². The van der Waals surface area contributed by atoms with Crippen molar-refractivity contribution in [2.24, 2.45) is 11.7 Å². The van der Waals surface area contributed by atoms with Gasteiger partial charge in [-0.3, -0.25) is 4.79 Å². The lowest BCUT2D eigenvalue weighted by molar-refractivity contribution is 0.0741. The molecule has 2 N–H and O–H groups in total. The van der Waals surface area contributed by atoms with Gasteiger partial charge >= 0.3 is 0 Å². The molecule has 4 nitrogen and oxygen atoms in total. The average molecular weight is 246 g/mol. The molecule has 1 aromatic rings. The van der Waals surface area contributed by atoms with E-state index < -0.39 is 0 Å². The number of nitrogens with two attached hydrogens (primary N) is 1. The molecular weight excluding hydrogens is 228 g/mol. The first-order chi connectivity index (χ1) is 8.75. The quantitative estimate of drug-likeness (QED) is 0.873. The van der Waals surface area contributed by atoms with E-state index in [0.29, 0.717) is 36.9 Å². The monoisotopic (exact) mass is 246 g/mol. The van der Waals surface area contributed by atoms with E-state index in [9.17, 15) is 4.79 Å². The lowest BCUT2D eigenvalue weighted by atomic mass is 10.1. The van der Waals surface area contributed by atoms with Crippen LogP contribution in [0.1, 0.15) is 23.2 Å². The van der Waals surface area contributed by atoms with Crippen molar-refractivity contribution >= 4 is 5.91 Å². The van der Waals surface area contributed by atoms with Gasteiger partial charge in [-0.25, -0.2) is 0 Å². The second-order valence-corrected chi connectivity index (χ2v) is 5.10. The van der Waals surface area contributed by atoms with E-state index in [4.69, 9.17) is 10.5 Å². The summed E-state index contributed by atoms with van der Waals surface area (Å²) in [6.07, 6.45) is 2.41. The van der Waals surface area contributed by atoms with Crippen LogP contribution < -0.4 is 10.5 Å². The zero-order chi connectivity index (χ0) is 12.5. The third-order valence-corrected chi connectivity index (χ3v) is 3.68. The molecule has 1 unspecified atom stereocenters. The SMILES string of the molecule is NC(CN1CCOc2ccccc2C1=O)C1CC1. The Labute approximate surface area is 107 Å². The van der Waals surface area contributed by atoms with Gasteiger partial charge in [0.1, 0.15) is 12.4 Å². The Balaban J connectivity index is 1.78. The number of benzene rings is 1. The van der Waals surface area contributed by atoms with Crippen LogP contribution >= 0.6 is 0 Å². The zero-order valence-electron chi connectivity index (χ0n) is 10.3. The van der Waals surface area contributed by atoms with E-state index in [2.05, 4.69) is 0 Å². The molecule has 0 radical (unpaired) electrons. The van der Waals surface area contributed by atoms with Crippen molar-refractivity contribution in [3.05, 3.63) is 29.8 Å². The Morgan fingerprint density at radius 2 is 2.17 bits per heavy atom. The molecule has 0 saturated heterocycles. The Morgan fingerprint density at radius 1 is 1.39 bits per heavy atom. The molecule has 0 aromatic heterocycles. The maximum Gasteiger partial charge on any atom is 0.257 e. The van der Waals surface area contributed by atoms with Crippen LogP contribution in [0.2, 0.25) is 0 Å². The van der Waals surface area contributed by atoms with E-state index in [-0.39, 0.29) is 11.9 Å². The summed E-state index contributed by atoms with van der Waals surface area (Å²) < 4.78 is 5.60. The molecule has 3 rings (SSSR count). The van der Waals surface area contributed by atoms with Crippen LogP contribution in [0.5, 0.6) is 5.75 Å². The molecule has 1 amide bonds. The number of hydrogen-bond donors (Lipinski definition) is 1. The lowest BCUT2D eigenvalue weighted by Crippen LogP contribution is -2.43. The minimum absolute atomic E-state index is 0.0409. The van der Waals surface area contributed by atoms with Crippen LogP contribution in [0.4, 0.5) is 0 Å². The van der Waals surface area contributed by atoms with Gasteiger partial charge in [0.15, 0.2) is 0 Å². The van der Waals surface area contributed by atoms with Crippen molar-refractivity contribution in [1.82, 2.24) is 4.90 Å². The maximum atomic E-state index is 12.4. The van der Waals surface area contributed by atoms with E-state index in [1.807, 2.05) is 29.2 Å². The second kappa shape index (κ2) is 4.61. The highest BCUT2D eigenvalue weighted by Crippen LogP contribution is 2.32. The summed E-state index contributed by atoms with van der Waals surface area (Å²) in [5, 5.41) is 0. The van der Waals surface area contributed by atoms with Crippen LogP contribution in [-0.4, -0.2) is 36.5 Å². The van der Waals surface area contributed by atoms with Crippen molar-refractivity contribution in [3.8, 4) is 5.75 Å². The van der Waals surface area contributed by atoms with Crippen LogP contribution in [0, 0.1) is 5.92 Å². The fraction of sp³-hybridized carbons (Fsp3) is 0.500. The van der Waals surface area contributed by atoms with Crippen LogP contribution in [0.25, 0.3) is 0 Å². The molecule has 2 aliphatic rings. The predicted octanol–water partition coefficient (Wildman–Crippen LogP) is 1.26. The molecule has 1 aliphatic heterocycles. The lowest BCUT2D eigenvalue weighted by Gasteiger charge is -2.23.